The molecule has 17 heavy (non-hydrogen) atoms. The molecule has 1 atom stereocenters. The van der Waals surface area contributed by atoms with Gasteiger partial charge in [0.15, 0.2) is 0 Å². The molecular weight excluding hydrogens is 234 g/mol. The van der Waals surface area contributed by atoms with Crippen LogP contribution in [0.25, 0.3) is 0 Å². The second-order valence-electron chi connectivity index (χ2n) is 3.89. The predicted molar refractivity (Wildman–Crippen MR) is 72.4 cm³/mol. The highest BCUT2D eigenvalue weighted by atomic mass is 32.2. The Labute approximate surface area is 108 Å². The summed E-state index contributed by atoms with van der Waals surface area (Å²) in [4.78, 5) is 1.24. The summed E-state index contributed by atoms with van der Waals surface area (Å²) in [5, 5.41) is 12.6. The summed E-state index contributed by atoms with van der Waals surface area (Å²) in [6.45, 7) is 4.65. The first-order chi connectivity index (χ1) is 8.27. The van der Waals surface area contributed by atoms with Gasteiger partial charge in [0.25, 0.3) is 0 Å². The van der Waals surface area contributed by atoms with Crippen LogP contribution in [0.3, 0.4) is 0 Å². The third kappa shape index (κ3) is 5.55. The molecule has 0 spiro atoms. The van der Waals surface area contributed by atoms with Gasteiger partial charge in [-0.25, -0.2) is 0 Å². The van der Waals surface area contributed by atoms with Crippen LogP contribution in [-0.4, -0.2) is 37.2 Å². The summed E-state index contributed by atoms with van der Waals surface area (Å²) in [5.74, 6) is 0. The summed E-state index contributed by atoms with van der Waals surface area (Å²) >= 11 is 1.71. The normalized spacial score (nSPS) is 12.6. The lowest BCUT2D eigenvalue weighted by atomic mass is 10.2. The van der Waals surface area contributed by atoms with E-state index in [-0.39, 0.29) is 11.9 Å². The van der Waals surface area contributed by atoms with Gasteiger partial charge in [0.2, 0.25) is 0 Å². The molecule has 0 saturated heterocycles. The Balaban J connectivity index is 2.51. The first-order valence-corrected chi connectivity index (χ1v) is 6.71. The Morgan fingerprint density at radius 2 is 2.18 bits per heavy atom. The zero-order valence-electron chi connectivity index (χ0n) is 10.5. The van der Waals surface area contributed by atoms with Crippen molar-refractivity contribution in [2.24, 2.45) is 0 Å². The van der Waals surface area contributed by atoms with E-state index in [2.05, 4.69) is 17.4 Å². The van der Waals surface area contributed by atoms with E-state index in [0.29, 0.717) is 0 Å². The smallest absolute Gasteiger partial charge is 0.0587 e. The highest BCUT2D eigenvalue weighted by molar-refractivity contribution is 8.00. The molecule has 0 radical (unpaired) electrons. The quantitative estimate of drug-likeness (QED) is 0.550. The fourth-order valence-corrected chi connectivity index (χ4v) is 2.37. The van der Waals surface area contributed by atoms with Gasteiger partial charge in [0.1, 0.15) is 0 Å². The van der Waals surface area contributed by atoms with Gasteiger partial charge in [-0.05, 0) is 11.6 Å². The van der Waals surface area contributed by atoms with Gasteiger partial charge >= 0.3 is 0 Å². The zero-order chi connectivity index (χ0) is 12.5. The standard InChI is InChI=1S/C13H21NO2S/c1-11(10-15)17-13-6-4-3-5-12(13)9-14-7-8-16-2/h3-6,11,14-15H,7-10H2,1-2H3. The van der Waals surface area contributed by atoms with Crippen LogP contribution in [0.2, 0.25) is 0 Å². The van der Waals surface area contributed by atoms with Crippen molar-refractivity contribution in [3.8, 4) is 0 Å². The highest BCUT2D eigenvalue weighted by Crippen LogP contribution is 2.26. The molecule has 0 saturated carbocycles. The van der Waals surface area contributed by atoms with Crippen LogP contribution >= 0.6 is 11.8 Å². The lowest BCUT2D eigenvalue weighted by Crippen LogP contribution is -2.19. The third-order valence-electron chi connectivity index (χ3n) is 2.36. The molecule has 3 nitrogen and oxygen atoms in total. The molecule has 0 aliphatic carbocycles. The number of ether oxygens (including phenoxy) is 1. The fraction of sp³-hybridized carbons (Fsp3) is 0.538. The van der Waals surface area contributed by atoms with Crippen LogP contribution in [0.5, 0.6) is 0 Å². The molecule has 1 unspecified atom stereocenters. The largest absolute Gasteiger partial charge is 0.395 e. The number of aliphatic hydroxyl groups excluding tert-OH is 1. The van der Waals surface area contributed by atoms with Gasteiger partial charge in [0, 0.05) is 30.3 Å². The summed E-state index contributed by atoms with van der Waals surface area (Å²) in [6.07, 6.45) is 0. The number of hydrogen-bond donors (Lipinski definition) is 2. The second kappa shape index (κ2) is 8.53. The summed E-state index contributed by atoms with van der Waals surface area (Å²) in [7, 11) is 1.70. The van der Waals surface area contributed by atoms with Gasteiger partial charge in [0.05, 0.1) is 13.2 Å². The average molecular weight is 255 g/mol. The van der Waals surface area contributed by atoms with E-state index in [1.54, 1.807) is 18.9 Å². The fourth-order valence-electron chi connectivity index (χ4n) is 1.42. The van der Waals surface area contributed by atoms with Crippen LogP contribution in [0, 0.1) is 0 Å². The molecular formula is C13H21NO2S. The monoisotopic (exact) mass is 255 g/mol. The molecule has 0 aliphatic rings. The van der Waals surface area contributed by atoms with Crippen molar-refractivity contribution in [2.75, 3.05) is 26.9 Å². The SMILES string of the molecule is COCCNCc1ccccc1SC(C)CO. The van der Waals surface area contributed by atoms with Crippen molar-refractivity contribution in [1.82, 2.24) is 5.32 Å². The topological polar surface area (TPSA) is 41.5 Å². The predicted octanol–water partition coefficient (Wildman–Crippen LogP) is 1.90. The third-order valence-corrected chi connectivity index (χ3v) is 3.56. The second-order valence-corrected chi connectivity index (χ2v) is 5.37. The minimum Gasteiger partial charge on any atom is -0.395 e. The van der Waals surface area contributed by atoms with Crippen molar-refractivity contribution < 1.29 is 9.84 Å². The van der Waals surface area contributed by atoms with Crippen molar-refractivity contribution in [2.45, 2.75) is 23.6 Å². The van der Waals surface area contributed by atoms with Crippen LogP contribution < -0.4 is 5.32 Å². The lowest BCUT2D eigenvalue weighted by Gasteiger charge is -2.13. The Kier molecular flexibility index (Phi) is 7.28. The van der Waals surface area contributed by atoms with Crippen molar-refractivity contribution >= 4 is 11.8 Å². The summed E-state index contributed by atoms with van der Waals surface area (Å²) in [6, 6.07) is 8.29. The molecule has 1 rings (SSSR count). The molecule has 1 aromatic rings. The van der Waals surface area contributed by atoms with E-state index >= 15 is 0 Å². The molecule has 2 N–H and O–H groups in total. The first kappa shape index (κ1) is 14.5. The van der Waals surface area contributed by atoms with Crippen molar-refractivity contribution in [3.63, 3.8) is 0 Å². The van der Waals surface area contributed by atoms with Gasteiger partial charge in [-0.2, -0.15) is 0 Å². The van der Waals surface area contributed by atoms with Gasteiger partial charge in [-0.1, -0.05) is 25.1 Å². The number of rotatable bonds is 8. The van der Waals surface area contributed by atoms with Crippen LogP contribution in [0.4, 0.5) is 0 Å². The first-order valence-electron chi connectivity index (χ1n) is 5.83. The van der Waals surface area contributed by atoms with E-state index in [4.69, 9.17) is 9.84 Å². The number of thioether (sulfide) groups is 1. The molecule has 0 heterocycles. The Hall–Kier alpha value is -0.550. The zero-order valence-corrected chi connectivity index (χ0v) is 11.3. The number of benzene rings is 1. The molecule has 0 amide bonds. The van der Waals surface area contributed by atoms with E-state index in [1.165, 1.54) is 10.5 Å². The Bertz CT molecular complexity index is 320. The molecule has 0 fully saturated rings. The van der Waals surface area contributed by atoms with Crippen molar-refractivity contribution in [3.05, 3.63) is 29.8 Å². The molecule has 0 aromatic heterocycles. The minimum absolute atomic E-state index is 0.204. The van der Waals surface area contributed by atoms with Gasteiger partial charge < -0.3 is 15.2 Å². The molecule has 4 heteroatoms. The van der Waals surface area contributed by atoms with Crippen LogP contribution in [0.15, 0.2) is 29.2 Å². The van der Waals surface area contributed by atoms with E-state index in [1.807, 2.05) is 19.1 Å². The van der Waals surface area contributed by atoms with E-state index in [0.717, 1.165) is 19.7 Å². The Morgan fingerprint density at radius 1 is 1.41 bits per heavy atom. The van der Waals surface area contributed by atoms with Crippen molar-refractivity contribution in [1.29, 1.82) is 0 Å². The molecule has 0 aliphatic heterocycles. The average Bonchev–Trinajstić information content (AvgIpc) is 2.36. The van der Waals surface area contributed by atoms with Gasteiger partial charge in [-0.15, -0.1) is 11.8 Å². The van der Waals surface area contributed by atoms with E-state index < -0.39 is 0 Å². The number of hydrogen-bond acceptors (Lipinski definition) is 4. The maximum Gasteiger partial charge on any atom is 0.0587 e. The van der Waals surface area contributed by atoms with Crippen LogP contribution in [0.1, 0.15) is 12.5 Å². The maximum atomic E-state index is 9.08. The molecule has 0 bridgehead atoms. The number of aliphatic hydroxyl groups is 1. The summed E-state index contributed by atoms with van der Waals surface area (Å²) in [5.41, 5.74) is 1.27. The number of nitrogens with one attached hydrogen (secondary N) is 1. The lowest BCUT2D eigenvalue weighted by molar-refractivity contribution is 0.199. The summed E-state index contributed by atoms with van der Waals surface area (Å²) < 4.78 is 4.99. The van der Waals surface area contributed by atoms with E-state index in [9.17, 15) is 0 Å². The maximum absolute atomic E-state index is 9.08. The molecule has 96 valence electrons. The Morgan fingerprint density at radius 3 is 2.88 bits per heavy atom. The number of methoxy groups -OCH3 is 1. The minimum atomic E-state index is 0.204. The van der Waals surface area contributed by atoms with Gasteiger partial charge in [-0.3, -0.25) is 0 Å². The van der Waals surface area contributed by atoms with Crippen LogP contribution in [-0.2, 0) is 11.3 Å². The highest BCUT2D eigenvalue weighted by Gasteiger charge is 2.06. The molecule has 1 aromatic carbocycles.